The Morgan fingerprint density at radius 2 is 1.83 bits per heavy atom. The summed E-state index contributed by atoms with van der Waals surface area (Å²) in [5, 5.41) is 0. The molecule has 3 rings (SSSR count). The lowest BCUT2D eigenvalue weighted by atomic mass is 9.92. The van der Waals surface area contributed by atoms with Crippen LogP contribution in [-0.2, 0) is 0 Å². The van der Waals surface area contributed by atoms with E-state index in [-0.39, 0.29) is 0 Å². The maximum Gasteiger partial charge on any atom is 0.0253 e. The minimum absolute atomic E-state index is 1.01. The van der Waals surface area contributed by atoms with Gasteiger partial charge < -0.3 is 0 Å². The smallest absolute Gasteiger partial charge is 0.0253 e. The molecule has 12 heavy (non-hydrogen) atoms. The van der Waals surface area contributed by atoms with E-state index in [1.807, 2.05) is 0 Å². The summed E-state index contributed by atoms with van der Waals surface area (Å²) < 4.78 is 0. The van der Waals surface area contributed by atoms with Crippen LogP contribution in [0.5, 0.6) is 0 Å². The fourth-order valence-corrected chi connectivity index (χ4v) is 3.54. The Morgan fingerprint density at radius 3 is 2.33 bits per heavy atom. The summed E-state index contributed by atoms with van der Waals surface area (Å²) in [6.07, 6.45) is 7.58. The molecular formula is C11H19N. The molecule has 3 fully saturated rings. The van der Waals surface area contributed by atoms with Crippen molar-refractivity contribution in [1.82, 2.24) is 4.90 Å². The first-order valence-electron chi connectivity index (χ1n) is 5.62. The van der Waals surface area contributed by atoms with E-state index in [0.29, 0.717) is 0 Å². The van der Waals surface area contributed by atoms with Gasteiger partial charge in [0.05, 0.1) is 0 Å². The topological polar surface area (TPSA) is 3.01 Å². The van der Waals surface area contributed by atoms with Crippen molar-refractivity contribution in [2.45, 2.75) is 51.1 Å². The highest BCUT2D eigenvalue weighted by Gasteiger charge is 2.52. The molecule has 1 heteroatoms. The fraction of sp³-hybridized carbons (Fsp3) is 1.00. The molecule has 0 amide bonds. The number of piperidine rings is 1. The molecule has 4 unspecified atom stereocenters. The molecule has 0 radical (unpaired) electrons. The quantitative estimate of drug-likeness (QED) is 0.539. The third kappa shape index (κ3) is 0.953. The molecule has 0 aromatic heterocycles. The Morgan fingerprint density at radius 1 is 1.08 bits per heavy atom. The Labute approximate surface area is 75.1 Å². The molecule has 0 N–H and O–H groups in total. The van der Waals surface area contributed by atoms with Crippen LogP contribution in [0, 0.1) is 11.8 Å². The maximum absolute atomic E-state index is 2.76. The number of nitrogens with zero attached hydrogens (tertiary/aromatic N) is 1. The van der Waals surface area contributed by atoms with Crippen molar-refractivity contribution < 1.29 is 0 Å². The van der Waals surface area contributed by atoms with Gasteiger partial charge in [-0.05, 0) is 31.1 Å². The van der Waals surface area contributed by atoms with Crippen LogP contribution < -0.4 is 0 Å². The Bertz CT molecular complexity index is 183. The number of hydrogen-bond acceptors (Lipinski definition) is 1. The van der Waals surface area contributed by atoms with E-state index in [0.717, 1.165) is 23.9 Å². The van der Waals surface area contributed by atoms with Crippen LogP contribution in [0.25, 0.3) is 0 Å². The zero-order chi connectivity index (χ0) is 8.13. The van der Waals surface area contributed by atoms with Crippen molar-refractivity contribution in [1.29, 1.82) is 0 Å². The fourth-order valence-electron chi connectivity index (χ4n) is 3.54. The van der Waals surface area contributed by atoms with Gasteiger partial charge in [0, 0.05) is 18.6 Å². The van der Waals surface area contributed by atoms with E-state index in [9.17, 15) is 0 Å². The monoisotopic (exact) mass is 165 g/mol. The van der Waals surface area contributed by atoms with Gasteiger partial charge >= 0.3 is 0 Å². The Hall–Kier alpha value is -0.0400. The lowest BCUT2D eigenvalue weighted by Gasteiger charge is -2.21. The second kappa shape index (κ2) is 2.47. The summed E-state index contributed by atoms with van der Waals surface area (Å²) in [5.41, 5.74) is 0. The summed E-state index contributed by atoms with van der Waals surface area (Å²) in [5.74, 6) is 2.09. The summed E-state index contributed by atoms with van der Waals surface area (Å²) in [4.78, 5) is 2.76. The molecule has 2 saturated heterocycles. The number of fused-ring (bicyclic) bond motifs is 1. The predicted octanol–water partition coefficient (Wildman–Crippen LogP) is 2.27. The predicted molar refractivity (Wildman–Crippen MR) is 50.0 cm³/mol. The van der Waals surface area contributed by atoms with Gasteiger partial charge in [-0.3, -0.25) is 4.90 Å². The molecule has 0 aromatic rings. The Balaban J connectivity index is 1.69. The molecule has 2 heterocycles. The van der Waals surface area contributed by atoms with E-state index in [1.165, 1.54) is 38.6 Å². The highest BCUT2D eigenvalue weighted by molar-refractivity contribution is 5.06. The molecule has 1 nitrogen and oxygen atoms in total. The van der Waals surface area contributed by atoms with Gasteiger partial charge in [0.25, 0.3) is 0 Å². The van der Waals surface area contributed by atoms with E-state index >= 15 is 0 Å². The van der Waals surface area contributed by atoms with Gasteiger partial charge in [-0.1, -0.05) is 19.8 Å². The zero-order valence-electron chi connectivity index (χ0n) is 8.00. The Kier molecular flexibility index (Phi) is 1.52. The van der Waals surface area contributed by atoms with Crippen LogP contribution in [0.3, 0.4) is 0 Å². The average molecular weight is 165 g/mol. The highest BCUT2D eigenvalue weighted by Crippen LogP contribution is 2.46. The lowest BCUT2D eigenvalue weighted by molar-refractivity contribution is 0.293. The summed E-state index contributed by atoms with van der Waals surface area (Å²) in [7, 11) is 0. The molecule has 68 valence electrons. The summed E-state index contributed by atoms with van der Waals surface area (Å²) >= 11 is 0. The van der Waals surface area contributed by atoms with Crippen LogP contribution in [0.15, 0.2) is 0 Å². The van der Waals surface area contributed by atoms with Crippen LogP contribution in [0.1, 0.15) is 39.0 Å². The standard InChI is InChI=1S/C11H19N/c1-8-6-10(12-7-11(8)12)9-4-2-3-5-9/h8-11H,2-7H2,1H3. The normalized spacial score (nSPS) is 52.8. The maximum atomic E-state index is 2.76. The summed E-state index contributed by atoms with van der Waals surface area (Å²) in [6.45, 7) is 3.88. The van der Waals surface area contributed by atoms with Crippen molar-refractivity contribution in [2.24, 2.45) is 11.8 Å². The van der Waals surface area contributed by atoms with Crippen LogP contribution in [0.4, 0.5) is 0 Å². The SMILES string of the molecule is CC1CC(C2CCCC2)N2CC12. The molecule has 0 aromatic carbocycles. The molecule has 0 spiro atoms. The third-order valence-corrected chi connectivity index (χ3v) is 4.33. The van der Waals surface area contributed by atoms with Crippen LogP contribution in [0.2, 0.25) is 0 Å². The van der Waals surface area contributed by atoms with Crippen LogP contribution in [-0.4, -0.2) is 23.5 Å². The van der Waals surface area contributed by atoms with Gasteiger partial charge in [0.2, 0.25) is 0 Å². The second-order valence-corrected chi connectivity index (χ2v) is 5.09. The molecule has 3 aliphatic rings. The minimum Gasteiger partial charge on any atom is -0.294 e. The first-order chi connectivity index (χ1) is 5.86. The van der Waals surface area contributed by atoms with Gasteiger partial charge in [0.15, 0.2) is 0 Å². The second-order valence-electron chi connectivity index (χ2n) is 5.09. The largest absolute Gasteiger partial charge is 0.294 e. The van der Waals surface area contributed by atoms with Crippen molar-refractivity contribution in [3.05, 3.63) is 0 Å². The van der Waals surface area contributed by atoms with Gasteiger partial charge in [-0.15, -0.1) is 0 Å². The number of rotatable bonds is 1. The number of hydrogen-bond donors (Lipinski definition) is 0. The van der Waals surface area contributed by atoms with E-state index in [1.54, 1.807) is 0 Å². The van der Waals surface area contributed by atoms with Crippen molar-refractivity contribution >= 4 is 0 Å². The van der Waals surface area contributed by atoms with Crippen molar-refractivity contribution in [3.8, 4) is 0 Å². The van der Waals surface area contributed by atoms with Gasteiger partial charge in [-0.25, -0.2) is 0 Å². The molecule has 1 saturated carbocycles. The highest BCUT2D eigenvalue weighted by atomic mass is 15.4. The van der Waals surface area contributed by atoms with Gasteiger partial charge in [-0.2, -0.15) is 0 Å². The van der Waals surface area contributed by atoms with Crippen molar-refractivity contribution in [2.75, 3.05) is 6.54 Å². The molecule has 2 aliphatic heterocycles. The van der Waals surface area contributed by atoms with Crippen molar-refractivity contribution in [3.63, 3.8) is 0 Å². The molecule has 1 aliphatic carbocycles. The van der Waals surface area contributed by atoms with E-state index in [2.05, 4.69) is 11.8 Å². The first kappa shape index (κ1) is 7.37. The molecule has 0 bridgehead atoms. The minimum atomic E-state index is 1.01. The zero-order valence-corrected chi connectivity index (χ0v) is 8.00. The molecule has 4 atom stereocenters. The van der Waals surface area contributed by atoms with E-state index in [4.69, 9.17) is 0 Å². The lowest BCUT2D eigenvalue weighted by Crippen LogP contribution is -2.24. The van der Waals surface area contributed by atoms with Crippen LogP contribution >= 0.6 is 0 Å². The summed E-state index contributed by atoms with van der Waals surface area (Å²) in [6, 6.07) is 2.02. The first-order valence-corrected chi connectivity index (χ1v) is 5.62. The molecular weight excluding hydrogens is 146 g/mol. The average Bonchev–Trinajstić information content (AvgIpc) is 2.56. The van der Waals surface area contributed by atoms with Gasteiger partial charge in [0.1, 0.15) is 0 Å². The van der Waals surface area contributed by atoms with E-state index < -0.39 is 0 Å². The third-order valence-electron chi connectivity index (χ3n) is 4.33.